The first-order chi connectivity index (χ1) is 25.5. The molecule has 2 aliphatic heterocycles. The molecule has 2 amide bonds. The summed E-state index contributed by atoms with van der Waals surface area (Å²) in [5.74, 6) is 0.503. The lowest BCUT2D eigenvalue weighted by molar-refractivity contribution is 0.101. The Morgan fingerprint density at radius 3 is 1.13 bits per heavy atom. The van der Waals surface area contributed by atoms with Gasteiger partial charge in [-0.1, -0.05) is 39.8 Å². The minimum absolute atomic E-state index is 0.182. The molecule has 2 aliphatic rings. The number of piperidine rings is 2. The third-order valence-corrected chi connectivity index (χ3v) is 14.2. The predicted octanol–water partition coefficient (Wildman–Crippen LogP) is 7.81. The van der Waals surface area contributed by atoms with E-state index in [9.17, 15) is 26.4 Å². The lowest BCUT2D eigenvalue weighted by Gasteiger charge is -2.34. The Kier molecular flexibility index (Phi) is 11.5. The largest absolute Gasteiger partial charge is 0.322 e. The molecule has 286 valence electrons. The van der Waals surface area contributed by atoms with E-state index in [-0.39, 0.29) is 21.6 Å². The molecule has 4 aromatic carbocycles. The molecular formula is C42H50N4O6S2. The second kappa shape index (κ2) is 15.8. The molecule has 0 radical (unpaired) electrons. The monoisotopic (exact) mass is 770 g/mol. The topological polar surface area (TPSA) is 133 Å². The zero-order valence-electron chi connectivity index (χ0n) is 31.8. The molecule has 0 unspecified atom stereocenters. The molecule has 2 heterocycles. The first kappa shape index (κ1) is 39.3. The summed E-state index contributed by atoms with van der Waals surface area (Å²) in [5.41, 5.74) is 5.53. The SMILES string of the molecule is Cc1cc(-c2ccc(NC(=O)c3ccc(S(=O)(=O)N4C[C@H](C)C[C@@H](C)C4)cc3)c(C)c2)ccc1NC(=O)c1ccc(S(=O)(=O)N2C[C@H](C)C[C@@H](C)C2)cc1. The van der Waals surface area contributed by atoms with Crippen LogP contribution in [0.4, 0.5) is 11.4 Å². The van der Waals surface area contributed by atoms with Crippen LogP contribution >= 0.6 is 0 Å². The summed E-state index contributed by atoms with van der Waals surface area (Å²) in [4.78, 5) is 26.7. The van der Waals surface area contributed by atoms with Crippen LogP contribution in [0.5, 0.6) is 0 Å². The highest BCUT2D eigenvalue weighted by Gasteiger charge is 2.33. The molecule has 4 atom stereocenters. The molecular weight excluding hydrogens is 721 g/mol. The fraction of sp³-hybridized carbons (Fsp3) is 0.381. The maximum atomic E-state index is 13.3. The molecule has 0 spiro atoms. The molecule has 0 aliphatic carbocycles. The van der Waals surface area contributed by atoms with E-state index >= 15 is 0 Å². The minimum atomic E-state index is -3.64. The standard InChI is InChI=1S/C42H50N4O6S2/c1-27-19-28(2)24-45(23-27)53(49,50)37-13-7-33(8-14-37)41(47)43-39-17-11-35(21-31(39)5)36-12-18-40(32(6)22-36)44-42(48)34-9-15-38(16-10-34)54(51,52)46-25-29(3)20-30(4)26-46/h7-18,21-22,27-30H,19-20,23-26H2,1-6H3,(H,43,47)(H,44,48)/t27-,28-,29-,30-/m1/s1. The smallest absolute Gasteiger partial charge is 0.255 e. The summed E-state index contributed by atoms with van der Waals surface area (Å²) < 4.78 is 56.2. The van der Waals surface area contributed by atoms with Gasteiger partial charge in [-0.05, 0) is 145 Å². The van der Waals surface area contributed by atoms with Gasteiger partial charge in [-0.3, -0.25) is 9.59 Å². The first-order valence-electron chi connectivity index (χ1n) is 18.6. The number of benzene rings is 4. The van der Waals surface area contributed by atoms with Gasteiger partial charge in [0.25, 0.3) is 11.8 Å². The van der Waals surface area contributed by atoms with Crippen LogP contribution in [0.25, 0.3) is 11.1 Å². The van der Waals surface area contributed by atoms with Crippen molar-refractivity contribution in [1.29, 1.82) is 0 Å². The lowest BCUT2D eigenvalue weighted by Crippen LogP contribution is -2.42. The molecule has 0 bridgehead atoms. The van der Waals surface area contributed by atoms with Crippen molar-refractivity contribution in [2.45, 2.75) is 64.2 Å². The number of amides is 2. The highest BCUT2D eigenvalue weighted by Crippen LogP contribution is 2.31. The van der Waals surface area contributed by atoms with Gasteiger partial charge in [-0.25, -0.2) is 16.8 Å². The molecule has 0 saturated carbocycles. The summed E-state index contributed by atoms with van der Waals surface area (Å²) in [6.45, 7) is 14.1. The molecule has 2 saturated heterocycles. The van der Waals surface area contributed by atoms with E-state index in [1.54, 1.807) is 32.9 Å². The normalized spacial score (nSPS) is 21.4. The van der Waals surface area contributed by atoms with E-state index in [2.05, 4.69) is 38.3 Å². The summed E-state index contributed by atoms with van der Waals surface area (Å²) in [6, 6.07) is 23.6. The number of hydrogen-bond acceptors (Lipinski definition) is 6. The van der Waals surface area contributed by atoms with Gasteiger partial charge in [0.15, 0.2) is 0 Å². The maximum absolute atomic E-state index is 13.3. The van der Waals surface area contributed by atoms with Crippen molar-refractivity contribution in [3.05, 3.63) is 107 Å². The van der Waals surface area contributed by atoms with Crippen molar-refractivity contribution >= 4 is 43.2 Å². The Labute approximate surface area is 320 Å². The lowest BCUT2D eigenvalue weighted by atomic mass is 9.94. The van der Waals surface area contributed by atoms with E-state index in [1.807, 2.05) is 50.2 Å². The second-order valence-corrected chi connectivity index (χ2v) is 19.4. The number of aryl methyl sites for hydroxylation is 2. The summed E-state index contributed by atoms with van der Waals surface area (Å²) >= 11 is 0. The van der Waals surface area contributed by atoms with Gasteiger partial charge in [0.1, 0.15) is 0 Å². The average Bonchev–Trinajstić information content (AvgIpc) is 3.12. The Morgan fingerprint density at radius 1 is 0.519 bits per heavy atom. The molecule has 12 heteroatoms. The molecule has 0 aromatic heterocycles. The van der Waals surface area contributed by atoms with E-state index < -0.39 is 20.0 Å². The predicted molar refractivity (Wildman–Crippen MR) is 214 cm³/mol. The number of nitrogens with one attached hydrogen (secondary N) is 2. The summed E-state index contributed by atoms with van der Waals surface area (Å²) in [6.07, 6.45) is 2.01. The number of carbonyl (C=O) groups excluding carboxylic acids is 2. The van der Waals surface area contributed by atoms with Gasteiger partial charge in [0, 0.05) is 48.7 Å². The van der Waals surface area contributed by atoms with Crippen LogP contribution in [0.15, 0.2) is 94.7 Å². The van der Waals surface area contributed by atoms with Crippen molar-refractivity contribution in [2.24, 2.45) is 23.7 Å². The van der Waals surface area contributed by atoms with Gasteiger partial charge >= 0.3 is 0 Å². The van der Waals surface area contributed by atoms with Crippen LogP contribution < -0.4 is 10.6 Å². The van der Waals surface area contributed by atoms with Crippen LogP contribution in [-0.2, 0) is 20.0 Å². The third kappa shape index (κ3) is 8.62. The zero-order chi connectivity index (χ0) is 38.9. The number of nitrogens with zero attached hydrogens (tertiary/aromatic N) is 2. The fourth-order valence-corrected chi connectivity index (χ4v) is 11.2. The highest BCUT2D eigenvalue weighted by molar-refractivity contribution is 7.89. The molecule has 4 aromatic rings. The van der Waals surface area contributed by atoms with Gasteiger partial charge < -0.3 is 10.6 Å². The van der Waals surface area contributed by atoms with E-state index in [1.165, 1.54) is 24.3 Å². The van der Waals surface area contributed by atoms with E-state index in [0.29, 0.717) is 72.4 Å². The number of rotatable bonds is 9. The zero-order valence-corrected chi connectivity index (χ0v) is 33.4. The van der Waals surface area contributed by atoms with Crippen molar-refractivity contribution < 1.29 is 26.4 Å². The van der Waals surface area contributed by atoms with Crippen molar-refractivity contribution in [1.82, 2.24) is 8.61 Å². The van der Waals surface area contributed by atoms with E-state index in [0.717, 1.165) is 35.1 Å². The van der Waals surface area contributed by atoms with Gasteiger partial charge in [-0.15, -0.1) is 0 Å². The van der Waals surface area contributed by atoms with Crippen molar-refractivity contribution in [2.75, 3.05) is 36.8 Å². The minimum Gasteiger partial charge on any atom is -0.322 e. The molecule has 2 N–H and O–H groups in total. The van der Waals surface area contributed by atoms with Gasteiger partial charge in [0.05, 0.1) is 9.79 Å². The number of anilines is 2. The Bertz CT molecular complexity index is 2080. The van der Waals surface area contributed by atoms with Gasteiger partial charge in [-0.2, -0.15) is 8.61 Å². The molecule has 2 fully saturated rings. The maximum Gasteiger partial charge on any atom is 0.255 e. The van der Waals surface area contributed by atoms with Crippen LogP contribution in [0.3, 0.4) is 0 Å². The Hall–Kier alpha value is -4.36. The van der Waals surface area contributed by atoms with Crippen molar-refractivity contribution in [3.8, 4) is 11.1 Å². The Balaban J connectivity index is 1.08. The summed E-state index contributed by atoms with van der Waals surface area (Å²) in [5, 5.41) is 5.89. The fourth-order valence-electron chi connectivity index (χ4n) is 7.81. The molecule has 6 rings (SSSR count). The first-order valence-corrected chi connectivity index (χ1v) is 21.4. The highest BCUT2D eigenvalue weighted by atomic mass is 32.2. The van der Waals surface area contributed by atoms with Gasteiger partial charge in [0.2, 0.25) is 20.0 Å². The number of carbonyl (C=O) groups is 2. The number of hydrogen-bond donors (Lipinski definition) is 2. The van der Waals surface area contributed by atoms with E-state index in [4.69, 9.17) is 0 Å². The Morgan fingerprint density at radius 2 is 0.833 bits per heavy atom. The third-order valence-electron chi connectivity index (χ3n) is 10.5. The van der Waals surface area contributed by atoms with Crippen LogP contribution in [-0.4, -0.2) is 63.4 Å². The van der Waals surface area contributed by atoms with Crippen molar-refractivity contribution in [3.63, 3.8) is 0 Å². The molecule has 10 nitrogen and oxygen atoms in total. The van der Waals surface area contributed by atoms with Crippen LogP contribution in [0, 0.1) is 37.5 Å². The summed E-state index contributed by atoms with van der Waals surface area (Å²) in [7, 11) is -7.29. The second-order valence-electron chi connectivity index (χ2n) is 15.6. The quantitative estimate of drug-likeness (QED) is 0.179. The number of sulfonamides is 2. The van der Waals surface area contributed by atoms with Crippen LogP contribution in [0.2, 0.25) is 0 Å². The average molecular weight is 771 g/mol. The molecule has 54 heavy (non-hydrogen) atoms. The van der Waals surface area contributed by atoms with Crippen LogP contribution in [0.1, 0.15) is 72.4 Å².